The summed E-state index contributed by atoms with van der Waals surface area (Å²) in [5.41, 5.74) is 3.45. The molecule has 0 radical (unpaired) electrons. The van der Waals surface area contributed by atoms with Crippen LogP contribution in [0.15, 0.2) is 40.8 Å². The maximum Gasteiger partial charge on any atom is 0.270 e. The standard InChI is InChI=1S/C22H25N3O3/c1-6-25-15-10-8-7-9-14(15)22(3,4)16(25)11-13-19(26)18(20(13)27)17-12(2)23-24(5)21(17)28/h1,7-11,13,18-20,23,26-27H,2-5H3/b16-11+. The van der Waals surface area contributed by atoms with Crippen LogP contribution in [0.1, 0.15) is 36.6 Å². The number of H-pyrrole nitrogens is 1. The summed E-state index contributed by atoms with van der Waals surface area (Å²) in [7, 11) is 1.62. The van der Waals surface area contributed by atoms with E-state index in [1.54, 1.807) is 18.9 Å². The summed E-state index contributed by atoms with van der Waals surface area (Å²) in [5.74, 6) is -1.11. The second kappa shape index (κ2) is 6.13. The van der Waals surface area contributed by atoms with Crippen LogP contribution in [-0.4, -0.2) is 32.2 Å². The molecule has 6 nitrogen and oxygen atoms in total. The van der Waals surface area contributed by atoms with Crippen LogP contribution in [0.25, 0.3) is 0 Å². The lowest BCUT2D eigenvalue weighted by atomic mass is 9.65. The number of fused-ring (bicyclic) bond motifs is 1. The van der Waals surface area contributed by atoms with E-state index < -0.39 is 24.0 Å². The fourth-order valence-electron chi connectivity index (χ4n) is 4.72. The number of allylic oxidation sites excluding steroid dienone is 1. The summed E-state index contributed by atoms with van der Waals surface area (Å²) in [6.45, 7) is 5.94. The molecular formula is C22H25N3O3. The number of nitrogens with one attached hydrogen (secondary N) is 1. The van der Waals surface area contributed by atoms with Gasteiger partial charge in [0.15, 0.2) is 0 Å². The predicted octanol–water partition coefficient (Wildman–Crippen LogP) is 1.73. The van der Waals surface area contributed by atoms with Crippen LogP contribution >= 0.6 is 0 Å². The summed E-state index contributed by atoms with van der Waals surface area (Å²) in [4.78, 5) is 14.2. The smallest absolute Gasteiger partial charge is 0.270 e. The Labute approximate surface area is 164 Å². The molecule has 0 spiro atoms. The Hall–Kier alpha value is -2.75. The molecule has 1 aliphatic carbocycles. The zero-order valence-electron chi connectivity index (χ0n) is 16.5. The van der Waals surface area contributed by atoms with E-state index in [9.17, 15) is 15.0 Å². The third kappa shape index (κ3) is 2.33. The first-order valence-corrected chi connectivity index (χ1v) is 9.40. The van der Waals surface area contributed by atoms with Gasteiger partial charge >= 0.3 is 0 Å². The van der Waals surface area contributed by atoms with Crippen molar-refractivity contribution in [2.75, 3.05) is 4.90 Å². The molecular weight excluding hydrogens is 354 g/mol. The van der Waals surface area contributed by atoms with Crippen molar-refractivity contribution in [1.82, 2.24) is 9.78 Å². The molecule has 1 aromatic heterocycles. The van der Waals surface area contributed by atoms with E-state index in [-0.39, 0.29) is 11.0 Å². The maximum atomic E-state index is 12.4. The van der Waals surface area contributed by atoms with E-state index in [0.29, 0.717) is 11.3 Å². The number of anilines is 1. The van der Waals surface area contributed by atoms with Gasteiger partial charge in [-0.15, -0.1) is 0 Å². The van der Waals surface area contributed by atoms with Gasteiger partial charge in [-0.3, -0.25) is 19.5 Å². The summed E-state index contributed by atoms with van der Waals surface area (Å²) < 4.78 is 1.37. The fourth-order valence-corrected chi connectivity index (χ4v) is 4.72. The molecule has 1 fully saturated rings. The summed E-state index contributed by atoms with van der Waals surface area (Å²) in [5, 5.41) is 24.6. The topological polar surface area (TPSA) is 81.5 Å². The Morgan fingerprint density at radius 2 is 1.89 bits per heavy atom. The van der Waals surface area contributed by atoms with Gasteiger partial charge in [0.1, 0.15) is 0 Å². The van der Waals surface area contributed by atoms with Crippen LogP contribution in [0, 0.1) is 25.3 Å². The number of aryl methyl sites for hydroxylation is 2. The molecule has 1 saturated carbocycles. The fraction of sp³-hybridized carbons (Fsp3) is 0.409. The summed E-state index contributed by atoms with van der Waals surface area (Å²) in [6, 6.07) is 10.7. The van der Waals surface area contributed by atoms with Gasteiger partial charge in [-0.1, -0.05) is 44.5 Å². The monoisotopic (exact) mass is 379 g/mol. The Bertz CT molecular complexity index is 1060. The molecule has 0 bridgehead atoms. The highest BCUT2D eigenvalue weighted by Crippen LogP contribution is 2.50. The minimum Gasteiger partial charge on any atom is -0.392 e. The van der Waals surface area contributed by atoms with Crippen molar-refractivity contribution in [3.63, 3.8) is 0 Å². The molecule has 146 valence electrons. The first-order valence-electron chi connectivity index (χ1n) is 9.40. The van der Waals surface area contributed by atoms with Crippen molar-refractivity contribution in [2.24, 2.45) is 13.0 Å². The molecule has 3 N–H and O–H groups in total. The maximum absolute atomic E-state index is 12.4. The number of hydrogen-bond acceptors (Lipinski definition) is 4. The largest absolute Gasteiger partial charge is 0.392 e. The van der Waals surface area contributed by atoms with E-state index in [0.717, 1.165) is 16.9 Å². The second-order valence-corrected chi connectivity index (χ2v) is 8.26. The molecule has 0 saturated heterocycles. The Balaban J connectivity index is 1.71. The molecule has 2 atom stereocenters. The number of benzene rings is 1. The molecule has 4 rings (SSSR count). The van der Waals surface area contributed by atoms with Crippen LogP contribution in [-0.2, 0) is 12.5 Å². The van der Waals surface area contributed by atoms with Crippen molar-refractivity contribution < 1.29 is 10.2 Å². The van der Waals surface area contributed by atoms with E-state index in [1.807, 2.05) is 30.3 Å². The zero-order valence-corrected chi connectivity index (χ0v) is 16.5. The Morgan fingerprint density at radius 3 is 2.46 bits per heavy atom. The number of hydrogen-bond donors (Lipinski definition) is 3. The molecule has 0 amide bonds. The highest BCUT2D eigenvalue weighted by Gasteiger charge is 2.52. The number of terminal acetylenes is 1. The average Bonchev–Trinajstić information content (AvgIpc) is 3.04. The average molecular weight is 379 g/mol. The van der Waals surface area contributed by atoms with Crippen molar-refractivity contribution in [1.29, 1.82) is 0 Å². The third-order valence-electron chi connectivity index (χ3n) is 6.31. The minimum absolute atomic E-state index is 0.217. The first kappa shape index (κ1) is 18.6. The quantitative estimate of drug-likeness (QED) is 0.694. The van der Waals surface area contributed by atoms with Gasteiger partial charge in [-0.25, -0.2) is 0 Å². The van der Waals surface area contributed by atoms with Gasteiger partial charge in [0.2, 0.25) is 0 Å². The number of rotatable bonds is 2. The lowest BCUT2D eigenvalue weighted by Gasteiger charge is -2.45. The predicted molar refractivity (Wildman–Crippen MR) is 108 cm³/mol. The highest BCUT2D eigenvalue weighted by molar-refractivity contribution is 5.73. The minimum atomic E-state index is -0.858. The highest BCUT2D eigenvalue weighted by atomic mass is 16.3. The molecule has 28 heavy (non-hydrogen) atoms. The van der Waals surface area contributed by atoms with Crippen LogP contribution in [0.5, 0.6) is 0 Å². The number of aromatic amines is 1. The summed E-state index contributed by atoms with van der Waals surface area (Å²) in [6.07, 6.45) is 5.95. The SMILES string of the molecule is C#CN1/C(=C/C2C(O)C(c3c(C)[nH]n(C)c3=O)C2O)C(C)(C)c2ccccc21. The molecule has 2 heterocycles. The van der Waals surface area contributed by atoms with Crippen LogP contribution < -0.4 is 10.5 Å². The van der Waals surface area contributed by atoms with E-state index >= 15 is 0 Å². The van der Waals surface area contributed by atoms with Gasteiger partial charge in [0.25, 0.3) is 5.56 Å². The number of nitrogens with zero attached hydrogens (tertiary/aromatic N) is 2. The van der Waals surface area contributed by atoms with Crippen molar-refractivity contribution in [3.05, 3.63) is 63.2 Å². The zero-order chi connectivity index (χ0) is 20.4. The molecule has 6 heteroatoms. The van der Waals surface area contributed by atoms with E-state index in [4.69, 9.17) is 6.42 Å². The normalized spacial score (nSPS) is 29.5. The summed E-state index contributed by atoms with van der Waals surface area (Å²) >= 11 is 0. The van der Waals surface area contributed by atoms with Crippen LogP contribution in [0.2, 0.25) is 0 Å². The Morgan fingerprint density at radius 1 is 1.25 bits per heavy atom. The van der Waals surface area contributed by atoms with E-state index in [2.05, 4.69) is 25.0 Å². The lowest BCUT2D eigenvalue weighted by molar-refractivity contribution is -0.0952. The number of para-hydroxylation sites is 1. The molecule has 1 aromatic carbocycles. The molecule has 2 aliphatic rings. The lowest BCUT2D eigenvalue weighted by Crippen LogP contribution is -2.54. The van der Waals surface area contributed by atoms with Crippen molar-refractivity contribution in [3.8, 4) is 12.5 Å². The Kier molecular flexibility index (Phi) is 4.07. The number of aromatic nitrogens is 2. The van der Waals surface area contributed by atoms with Gasteiger partial charge in [0.05, 0.1) is 17.9 Å². The van der Waals surface area contributed by atoms with Crippen LogP contribution in [0.3, 0.4) is 0 Å². The van der Waals surface area contributed by atoms with Gasteiger partial charge in [-0.05, 0) is 18.6 Å². The number of aliphatic hydroxyl groups excluding tert-OH is 2. The number of aliphatic hydroxyl groups is 2. The third-order valence-corrected chi connectivity index (χ3v) is 6.31. The molecule has 2 unspecified atom stereocenters. The van der Waals surface area contributed by atoms with Gasteiger partial charge < -0.3 is 10.2 Å². The van der Waals surface area contributed by atoms with E-state index in [1.165, 1.54) is 4.68 Å². The van der Waals surface area contributed by atoms with Crippen molar-refractivity contribution >= 4 is 5.69 Å². The molecule has 1 aliphatic heterocycles. The van der Waals surface area contributed by atoms with Crippen molar-refractivity contribution in [2.45, 2.75) is 44.3 Å². The first-order chi connectivity index (χ1) is 13.2. The molecule has 2 aromatic rings. The van der Waals surface area contributed by atoms with Gasteiger partial charge in [-0.2, -0.15) is 0 Å². The van der Waals surface area contributed by atoms with Crippen LogP contribution in [0.4, 0.5) is 5.69 Å². The second-order valence-electron chi connectivity index (χ2n) is 8.26. The van der Waals surface area contributed by atoms with Gasteiger partial charge in [0, 0.05) is 47.3 Å².